The molecule has 3 aromatic carbocycles. The summed E-state index contributed by atoms with van der Waals surface area (Å²) >= 11 is 0. The monoisotopic (exact) mass is 330 g/mol. The lowest BCUT2D eigenvalue weighted by atomic mass is 10.2. The molecule has 0 atom stereocenters. The lowest BCUT2D eigenvalue weighted by molar-refractivity contribution is 1.15. The molecule has 0 aliphatic heterocycles. The van der Waals surface area contributed by atoms with Gasteiger partial charge in [0.25, 0.3) is 0 Å². The van der Waals surface area contributed by atoms with Crippen LogP contribution in [0.4, 0.5) is 11.4 Å². The SMILES string of the molecule is Cc1ccc(N=Nc2ccc(C)cc2)cc1.Cc1ccccc1.N#N. The van der Waals surface area contributed by atoms with E-state index in [1.807, 2.05) is 66.7 Å². The van der Waals surface area contributed by atoms with Crippen LogP contribution < -0.4 is 0 Å². The minimum atomic E-state index is 0.881. The van der Waals surface area contributed by atoms with E-state index in [2.05, 4.69) is 43.1 Å². The highest BCUT2D eigenvalue weighted by molar-refractivity contribution is 5.41. The summed E-state index contributed by atoms with van der Waals surface area (Å²) in [4.78, 5) is 0. The van der Waals surface area contributed by atoms with Crippen molar-refractivity contribution < 1.29 is 0 Å². The molecule has 0 aromatic heterocycles. The predicted molar refractivity (Wildman–Crippen MR) is 101 cm³/mol. The fourth-order valence-electron chi connectivity index (χ4n) is 1.87. The van der Waals surface area contributed by atoms with Gasteiger partial charge in [0.05, 0.1) is 11.4 Å². The van der Waals surface area contributed by atoms with Crippen molar-refractivity contribution in [2.24, 2.45) is 10.2 Å². The summed E-state index contributed by atoms with van der Waals surface area (Å²) in [5, 5.41) is 20.3. The van der Waals surface area contributed by atoms with Gasteiger partial charge in [0, 0.05) is 10.8 Å². The van der Waals surface area contributed by atoms with E-state index in [-0.39, 0.29) is 0 Å². The fourth-order valence-corrected chi connectivity index (χ4v) is 1.87. The maximum Gasteiger partial charge on any atom is 0.0857 e. The van der Waals surface area contributed by atoms with Gasteiger partial charge in [-0.25, -0.2) is 0 Å². The van der Waals surface area contributed by atoms with E-state index in [9.17, 15) is 0 Å². The van der Waals surface area contributed by atoms with Crippen molar-refractivity contribution in [1.29, 1.82) is 10.8 Å². The maximum absolute atomic E-state index is 6.00. The van der Waals surface area contributed by atoms with E-state index in [0.29, 0.717) is 0 Å². The Morgan fingerprint density at radius 2 is 0.800 bits per heavy atom. The Balaban J connectivity index is 0.000000290. The van der Waals surface area contributed by atoms with Crippen LogP contribution >= 0.6 is 0 Å². The van der Waals surface area contributed by atoms with Gasteiger partial charge < -0.3 is 0 Å². The first-order chi connectivity index (χ1) is 12.1. The second-order valence-corrected chi connectivity index (χ2v) is 5.53. The number of azo groups is 1. The molecule has 0 fully saturated rings. The predicted octanol–water partition coefficient (Wildman–Crippen LogP) is 6.74. The first-order valence-corrected chi connectivity index (χ1v) is 7.90. The number of hydrogen-bond donors (Lipinski definition) is 0. The molecule has 0 bridgehead atoms. The molecule has 25 heavy (non-hydrogen) atoms. The summed E-state index contributed by atoms with van der Waals surface area (Å²) in [6.45, 7) is 6.20. The number of hydrogen-bond acceptors (Lipinski definition) is 4. The topological polar surface area (TPSA) is 72.3 Å². The van der Waals surface area contributed by atoms with Gasteiger partial charge >= 0.3 is 0 Å². The third-order valence-corrected chi connectivity index (χ3v) is 3.29. The number of benzene rings is 3. The average molecular weight is 330 g/mol. The van der Waals surface area contributed by atoms with Crippen molar-refractivity contribution in [3.05, 3.63) is 95.6 Å². The second-order valence-electron chi connectivity index (χ2n) is 5.53. The molecule has 0 aliphatic carbocycles. The van der Waals surface area contributed by atoms with Crippen molar-refractivity contribution in [3.8, 4) is 0 Å². The van der Waals surface area contributed by atoms with Crippen LogP contribution in [0.1, 0.15) is 16.7 Å². The highest BCUT2D eigenvalue weighted by Gasteiger charge is 1.90. The summed E-state index contributed by atoms with van der Waals surface area (Å²) in [6, 6.07) is 26.2. The summed E-state index contributed by atoms with van der Waals surface area (Å²) in [6.07, 6.45) is 0. The Morgan fingerprint density at radius 3 is 1.08 bits per heavy atom. The minimum absolute atomic E-state index is 0.881. The molecule has 0 N–H and O–H groups in total. The third kappa shape index (κ3) is 8.19. The molecule has 0 heterocycles. The molecule has 0 spiro atoms. The van der Waals surface area contributed by atoms with Crippen molar-refractivity contribution in [3.63, 3.8) is 0 Å². The van der Waals surface area contributed by atoms with Gasteiger partial charge in [-0.3, -0.25) is 0 Å². The number of rotatable bonds is 2. The normalized spacial score (nSPS) is 9.48. The van der Waals surface area contributed by atoms with Gasteiger partial charge in [-0.15, -0.1) is 0 Å². The van der Waals surface area contributed by atoms with Crippen LogP contribution in [0.5, 0.6) is 0 Å². The zero-order chi connectivity index (χ0) is 18.5. The Bertz CT molecular complexity index is 726. The molecule has 3 aromatic rings. The molecular formula is C21H22N4. The van der Waals surface area contributed by atoms with Crippen molar-refractivity contribution in [1.82, 2.24) is 0 Å². The van der Waals surface area contributed by atoms with Gasteiger partial charge in [0.2, 0.25) is 0 Å². The van der Waals surface area contributed by atoms with E-state index < -0.39 is 0 Å². The van der Waals surface area contributed by atoms with Crippen molar-refractivity contribution >= 4 is 11.4 Å². The lowest BCUT2D eigenvalue weighted by Gasteiger charge is -1.95. The van der Waals surface area contributed by atoms with Crippen LogP contribution in [0.3, 0.4) is 0 Å². The lowest BCUT2D eigenvalue weighted by Crippen LogP contribution is -1.69. The van der Waals surface area contributed by atoms with Crippen molar-refractivity contribution in [2.45, 2.75) is 20.8 Å². The first-order valence-electron chi connectivity index (χ1n) is 7.90. The zero-order valence-corrected chi connectivity index (χ0v) is 14.8. The molecule has 126 valence electrons. The van der Waals surface area contributed by atoms with E-state index >= 15 is 0 Å². The molecule has 0 saturated carbocycles. The zero-order valence-electron chi connectivity index (χ0n) is 14.8. The van der Waals surface area contributed by atoms with Gasteiger partial charge in [-0.05, 0) is 45.0 Å². The third-order valence-electron chi connectivity index (χ3n) is 3.29. The number of aryl methyl sites for hydroxylation is 3. The Morgan fingerprint density at radius 1 is 0.480 bits per heavy atom. The average Bonchev–Trinajstić information content (AvgIpc) is 2.65. The fraction of sp³-hybridized carbons (Fsp3) is 0.143. The van der Waals surface area contributed by atoms with Crippen molar-refractivity contribution in [2.75, 3.05) is 0 Å². The minimum Gasteiger partial charge on any atom is -0.151 e. The molecule has 0 aliphatic rings. The molecule has 4 heteroatoms. The Hall–Kier alpha value is -3.32. The standard InChI is InChI=1S/C14H14N2.C7H8.N2/c1-11-3-7-13(8-4-11)15-16-14-9-5-12(2)6-10-14;1-7-5-3-2-4-6-7;1-2/h3-10H,1-2H3;2-6H,1H3;. The summed E-state index contributed by atoms with van der Waals surface area (Å²) in [5.74, 6) is 0. The van der Waals surface area contributed by atoms with Crippen LogP contribution in [0.15, 0.2) is 89.1 Å². The molecular weight excluding hydrogens is 308 g/mol. The molecule has 0 saturated heterocycles. The molecule has 0 unspecified atom stereocenters. The van der Waals surface area contributed by atoms with Crippen LogP contribution in [-0.4, -0.2) is 0 Å². The summed E-state index contributed by atoms with van der Waals surface area (Å²) in [7, 11) is 0. The molecule has 0 amide bonds. The first kappa shape index (κ1) is 19.7. The smallest absolute Gasteiger partial charge is 0.0857 e. The summed E-state index contributed by atoms with van der Waals surface area (Å²) in [5.41, 5.74) is 5.54. The van der Waals surface area contributed by atoms with Crippen LogP contribution in [0, 0.1) is 31.6 Å². The molecule has 3 rings (SSSR count). The van der Waals surface area contributed by atoms with E-state index in [4.69, 9.17) is 10.8 Å². The second kappa shape index (κ2) is 11.3. The quantitative estimate of drug-likeness (QED) is 0.385. The maximum atomic E-state index is 6.00. The van der Waals surface area contributed by atoms with E-state index in [1.54, 1.807) is 0 Å². The van der Waals surface area contributed by atoms with Gasteiger partial charge in [0.15, 0.2) is 0 Å². The Labute approximate surface area is 149 Å². The highest BCUT2D eigenvalue weighted by Crippen LogP contribution is 2.18. The van der Waals surface area contributed by atoms with Gasteiger partial charge in [-0.2, -0.15) is 10.2 Å². The van der Waals surface area contributed by atoms with Crippen LogP contribution in [0.25, 0.3) is 0 Å². The van der Waals surface area contributed by atoms with E-state index in [0.717, 1.165) is 11.4 Å². The number of nitrogens with zero attached hydrogens (tertiary/aromatic N) is 4. The Kier molecular flexibility index (Phi) is 8.88. The molecule has 0 radical (unpaired) electrons. The van der Waals surface area contributed by atoms with Gasteiger partial charge in [0.1, 0.15) is 0 Å². The van der Waals surface area contributed by atoms with Crippen LogP contribution in [-0.2, 0) is 0 Å². The summed E-state index contributed by atoms with van der Waals surface area (Å²) < 4.78 is 0. The van der Waals surface area contributed by atoms with Gasteiger partial charge in [-0.1, -0.05) is 71.3 Å². The largest absolute Gasteiger partial charge is 0.151 e. The highest BCUT2D eigenvalue weighted by atomic mass is 15.1. The van der Waals surface area contributed by atoms with E-state index in [1.165, 1.54) is 16.7 Å². The molecule has 4 nitrogen and oxygen atoms in total. The van der Waals surface area contributed by atoms with Crippen LogP contribution in [0.2, 0.25) is 0 Å².